The third-order valence-electron chi connectivity index (χ3n) is 2.41. The molecular formula is C12H10FN3S2. The van der Waals surface area contributed by atoms with Gasteiger partial charge in [0, 0.05) is 11.1 Å². The van der Waals surface area contributed by atoms with Crippen LogP contribution in [0.1, 0.15) is 9.88 Å². The summed E-state index contributed by atoms with van der Waals surface area (Å²) in [5, 5.41) is 5.04. The van der Waals surface area contributed by atoms with Gasteiger partial charge in [0.15, 0.2) is 5.13 Å². The van der Waals surface area contributed by atoms with E-state index < -0.39 is 0 Å². The Morgan fingerprint density at radius 2 is 2.22 bits per heavy atom. The fourth-order valence-electron chi connectivity index (χ4n) is 1.61. The van der Waals surface area contributed by atoms with Crippen molar-refractivity contribution in [2.45, 2.75) is 13.5 Å². The number of aromatic nitrogens is 2. The van der Waals surface area contributed by atoms with Gasteiger partial charge in [-0.25, -0.2) is 14.4 Å². The molecule has 0 radical (unpaired) electrons. The molecule has 18 heavy (non-hydrogen) atoms. The van der Waals surface area contributed by atoms with E-state index in [4.69, 9.17) is 0 Å². The molecule has 0 bridgehead atoms. The highest BCUT2D eigenvalue weighted by Crippen LogP contribution is 2.27. The van der Waals surface area contributed by atoms with Gasteiger partial charge in [-0.3, -0.25) is 0 Å². The Bertz CT molecular complexity index is 690. The van der Waals surface area contributed by atoms with Crippen molar-refractivity contribution in [3.8, 4) is 0 Å². The fourth-order valence-corrected chi connectivity index (χ4v) is 3.22. The molecule has 2 heterocycles. The maximum atomic E-state index is 13.0. The van der Waals surface area contributed by atoms with E-state index in [2.05, 4.69) is 15.3 Å². The monoisotopic (exact) mass is 279 g/mol. The fraction of sp³-hybridized carbons (Fsp3) is 0.167. The van der Waals surface area contributed by atoms with Crippen molar-refractivity contribution in [1.82, 2.24) is 9.97 Å². The van der Waals surface area contributed by atoms with Crippen LogP contribution in [-0.4, -0.2) is 9.97 Å². The van der Waals surface area contributed by atoms with E-state index in [9.17, 15) is 4.39 Å². The van der Waals surface area contributed by atoms with E-state index in [1.807, 2.05) is 13.1 Å². The first-order valence-corrected chi connectivity index (χ1v) is 7.05. The molecule has 0 fully saturated rings. The van der Waals surface area contributed by atoms with E-state index in [1.54, 1.807) is 17.4 Å². The lowest BCUT2D eigenvalue weighted by molar-refractivity contribution is 0.630. The standard InChI is InChI=1S/C12H10FN3S2/c1-7-5-14-11(17-7)6-15-12-16-9-3-2-8(13)4-10(9)18-12/h2-5H,6H2,1H3,(H,15,16). The molecule has 92 valence electrons. The second kappa shape index (κ2) is 4.62. The molecule has 0 unspecified atom stereocenters. The summed E-state index contributed by atoms with van der Waals surface area (Å²) < 4.78 is 13.9. The van der Waals surface area contributed by atoms with Crippen LogP contribution in [0.25, 0.3) is 10.2 Å². The molecule has 1 aromatic carbocycles. The molecule has 0 saturated carbocycles. The van der Waals surface area contributed by atoms with Gasteiger partial charge in [-0.15, -0.1) is 11.3 Å². The normalized spacial score (nSPS) is 11.0. The Kier molecular flexibility index (Phi) is 2.97. The highest BCUT2D eigenvalue weighted by atomic mass is 32.1. The first kappa shape index (κ1) is 11.6. The zero-order valence-electron chi connectivity index (χ0n) is 9.61. The first-order valence-electron chi connectivity index (χ1n) is 5.42. The predicted molar refractivity (Wildman–Crippen MR) is 73.8 cm³/mol. The van der Waals surface area contributed by atoms with Crippen LogP contribution < -0.4 is 5.32 Å². The first-order chi connectivity index (χ1) is 8.70. The molecule has 0 amide bonds. The highest BCUT2D eigenvalue weighted by molar-refractivity contribution is 7.22. The number of anilines is 1. The molecule has 0 saturated heterocycles. The van der Waals surface area contributed by atoms with Gasteiger partial charge in [-0.2, -0.15) is 0 Å². The SMILES string of the molecule is Cc1cnc(CNc2nc3ccc(F)cc3s2)s1. The minimum Gasteiger partial charge on any atom is -0.355 e. The molecule has 0 aliphatic carbocycles. The van der Waals surface area contributed by atoms with Crippen molar-refractivity contribution in [1.29, 1.82) is 0 Å². The Hall–Kier alpha value is -1.53. The summed E-state index contributed by atoms with van der Waals surface area (Å²) in [5.74, 6) is -0.228. The highest BCUT2D eigenvalue weighted by Gasteiger charge is 2.05. The Balaban J connectivity index is 1.78. The number of nitrogens with zero attached hydrogens (tertiary/aromatic N) is 2. The third kappa shape index (κ3) is 2.34. The van der Waals surface area contributed by atoms with Gasteiger partial charge in [0.25, 0.3) is 0 Å². The Labute approximate surface area is 111 Å². The number of rotatable bonds is 3. The summed E-state index contributed by atoms with van der Waals surface area (Å²) in [6.07, 6.45) is 1.86. The quantitative estimate of drug-likeness (QED) is 0.792. The molecular weight excluding hydrogens is 269 g/mol. The van der Waals surface area contributed by atoms with Gasteiger partial charge in [-0.05, 0) is 25.1 Å². The summed E-state index contributed by atoms with van der Waals surface area (Å²) in [6.45, 7) is 2.68. The second-order valence-corrected chi connectivity index (χ2v) is 6.20. The van der Waals surface area contributed by atoms with Crippen molar-refractivity contribution >= 4 is 38.0 Å². The van der Waals surface area contributed by atoms with Crippen molar-refractivity contribution in [3.05, 3.63) is 40.1 Å². The van der Waals surface area contributed by atoms with Crippen molar-refractivity contribution in [2.24, 2.45) is 0 Å². The van der Waals surface area contributed by atoms with Gasteiger partial charge in [0.1, 0.15) is 10.8 Å². The zero-order valence-corrected chi connectivity index (χ0v) is 11.2. The van der Waals surface area contributed by atoms with E-state index in [0.29, 0.717) is 6.54 Å². The van der Waals surface area contributed by atoms with Crippen molar-refractivity contribution < 1.29 is 4.39 Å². The number of nitrogens with one attached hydrogen (secondary N) is 1. The summed E-state index contributed by atoms with van der Waals surface area (Å²) in [5.41, 5.74) is 0.819. The number of halogens is 1. The lowest BCUT2D eigenvalue weighted by Gasteiger charge is -1.97. The molecule has 0 spiro atoms. The van der Waals surface area contributed by atoms with Crippen molar-refractivity contribution in [2.75, 3.05) is 5.32 Å². The van der Waals surface area contributed by atoms with E-state index in [1.165, 1.54) is 28.3 Å². The third-order valence-corrected chi connectivity index (χ3v) is 4.30. The maximum absolute atomic E-state index is 13.0. The van der Waals surface area contributed by atoms with E-state index in [0.717, 1.165) is 20.4 Å². The smallest absolute Gasteiger partial charge is 0.184 e. The topological polar surface area (TPSA) is 37.8 Å². The number of benzene rings is 1. The van der Waals surface area contributed by atoms with E-state index in [-0.39, 0.29) is 5.82 Å². The number of fused-ring (bicyclic) bond motifs is 1. The summed E-state index contributed by atoms with van der Waals surface area (Å²) >= 11 is 3.11. The average Bonchev–Trinajstić information content (AvgIpc) is 2.92. The minimum absolute atomic E-state index is 0.228. The van der Waals surface area contributed by atoms with Gasteiger partial charge in [0.05, 0.1) is 16.8 Å². The summed E-state index contributed by atoms with van der Waals surface area (Å²) in [4.78, 5) is 9.86. The maximum Gasteiger partial charge on any atom is 0.184 e. The average molecular weight is 279 g/mol. The lowest BCUT2D eigenvalue weighted by atomic mass is 10.3. The van der Waals surface area contributed by atoms with Gasteiger partial charge < -0.3 is 5.32 Å². The van der Waals surface area contributed by atoms with Crippen LogP contribution in [0.2, 0.25) is 0 Å². The van der Waals surface area contributed by atoms with Gasteiger partial charge in [-0.1, -0.05) is 11.3 Å². The van der Waals surface area contributed by atoms with Crippen LogP contribution in [0.5, 0.6) is 0 Å². The molecule has 2 aromatic heterocycles. The number of hydrogen-bond donors (Lipinski definition) is 1. The lowest BCUT2D eigenvalue weighted by Crippen LogP contribution is -1.97. The molecule has 0 atom stereocenters. The molecule has 3 aromatic rings. The second-order valence-electron chi connectivity index (χ2n) is 3.85. The number of aryl methyl sites for hydroxylation is 1. The van der Waals surface area contributed by atoms with Crippen LogP contribution >= 0.6 is 22.7 Å². The van der Waals surface area contributed by atoms with Crippen LogP contribution in [0, 0.1) is 12.7 Å². The number of thiazole rings is 2. The van der Waals surface area contributed by atoms with Gasteiger partial charge >= 0.3 is 0 Å². The largest absolute Gasteiger partial charge is 0.355 e. The molecule has 0 aliphatic heterocycles. The summed E-state index contributed by atoms with van der Waals surface area (Å²) in [7, 11) is 0. The van der Waals surface area contributed by atoms with Crippen LogP contribution in [0.15, 0.2) is 24.4 Å². The van der Waals surface area contributed by atoms with Crippen molar-refractivity contribution in [3.63, 3.8) is 0 Å². The van der Waals surface area contributed by atoms with Crippen LogP contribution in [0.3, 0.4) is 0 Å². The van der Waals surface area contributed by atoms with Gasteiger partial charge in [0.2, 0.25) is 0 Å². The Morgan fingerprint density at radius 3 is 3.00 bits per heavy atom. The minimum atomic E-state index is -0.228. The predicted octanol–water partition coefficient (Wildman–Crippen LogP) is 3.81. The molecule has 1 N–H and O–H groups in total. The van der Waals surface area contributed by atoms with E-state index >= 15 is 0 Å². The zero-order chi connectivity index (χ0) is 12.5. The van der Waals surface area contributed by atoms with Crippen LogP contribution in [-0.2, 0) is 6.54 Å². The number of hydrogen-bond acceptors (Lipinski definition) is 5. The molecule has 0 aliphatic rings. The summed E-state index contributed by atoms with van der Waals surface area (Å²) in [6, 6.07) is 4.63. The molecule has 3 rings (SSSR count). The van der Waals surface area contributed by atoms with Crippen LogP contribution in [0.4, 0.5) is 9.52 Å². The molecule has 3 nitrogen and oxygen atoms in total. The Morgan fingerprint density at radius 1 is 1.33 bits per heavy atom. The molecule has 6 heteroatoms.